The molecule has 2 unspecified atom stereocenters. The normalized spacial score (nSPS) is 38.4. The number of carbonyl (C=O) groups is 2. The third kappa shape index (κ3) is 6.06. The third-order valence-electron chi connectivity index (χ3n) is 11.7. The van der Waals surface area contributed by atoms with E-state index in [1.165, 1.54) is 6.92 Å². The average molecular weight is 631 g/mol. The summed E-state index contributed by atoms with van der Waals surface area (Å²) in [6, 6.07) is 0. The molecule has 0 aromatic carbocycles. The number of halogens is 5. The number of rotatable bonds is 8. The van der Waals surface area contributed by atoms with Crippen LogP contribution in [0.3, 0.4) is 0 Å². The summed E-state index contributed by atoms with van der Waals surface area (Å²) in [7, 11) is -6.48. The molecule has 0 radical (unpaired) electrons. The zero-order chi connectivity index (χ0) is 31.5. The van der Waals surface area contributed by atoms with E-state index in [0.717, 1.165) is 57.8 Å². The fourth-order valence-electron chi connectivity index (χ4n) is 9.73. The Morgan fingerprint density at radius 2 is 1.57 bits per heavy atom. The number of alkyl halides is 5. The second-order valence-electron chi connectivity index (χ2n) is 13.9. The SMILES string of the molecule is CC(=O)O[C@@H]1CC[C@@]2(C)C(CC[C@H]3[C@@H]4CC[C@H]([C@H](C)CCC(=O)OC(C(F)(F)F)C(F)(F)S(=O)(=O)O)[C@@]4(C)CC[C@@H]32)C1. The monoisotopic (exact) mass is 630 g/mol. The molecule has 0 aliphatic heterocycles. The number of hydrogen-bond donors (Lipinski definition) is 1. The van der Waals surface area contributed by atoms with Crippen molar-refractivity contribution in [2.24, 2.45) is 46.3 Å². The molecule has 1 N–H and O–H groups in total. The molecular formula is C29H43F5O7S. The molecule has 7 nitrogen and oxygen atoms in total. The lowest BCUT2D eigenvalue weighted by Gasteiger charge is -2.61. The van der Waals surface area contributed by atoms with Crippen LogP contribution in [-0.4, -0.2) is 48.5 Å². The van der Waals surface area contributed by atoms with Gasteiger partial charge in [-0.05, 0) is 111 Å². The minimum Gasteiger partial charge on any atom is -0.463 e. The van der Waals surface area contributed by atoms with Crippen molar-refractivity contribution in [3.63, 3.8) is 0 Å². The number of hydrogen-bond acceptors (Lipinski definition) is 6. The summed E-state index contributed by atoms with van der Waals surface area (Å²) < 4.78 is 107. The highest BCUT2D eigenvalue weighted by molar-refractivity contribution is 7.86. The first-order chi connectivity index (χ1) is 19.2. The van der Waals surface area contributed by atoms with Crippen molar-refractivity contribution in [1.29, 1.82) is 0 Å². The highest BCUT2D eigenvalue weighted by atomic mass is 32.2. The van der Waals surface area contributed by atoms with E-state index < -0.39 is 40.0 Å². The van der Waals surface area contributed by atoms with Crippen molar-refractivity contribution in [3.8, 4) is 0 Å². The Hall–Kier alpha value is -1.50. The Morgan fingerprint density at radius 1 is 0.952 bits per heavy atom. The van der Waals surface area contributed by atoms with E-state index in [0.29, 0.717) is 23.7 Å². The van der Waals surface area contributed by atoms with Crippen LogP contribution in [0.2, 0.25) is 0 Å². The molecule has 10 atom stereocenters. The van der Waals surface area contributed by atoms with E-state index >= 15 is 0 Å². The molecule has 4 rings (SSSR count). The quantitative estimate of drug-likeness (QED) is 0.176. The molecule has 4 fully saturated rings. The number of ether oxygens (including phenoxy) is 2. The second kappa shape index (κ2) is 11.5. The van der Waals surface area contributed by atoms with Gasteiger partial charge in [-0.1, -0.05) is 20.8 Å². The molecule has 42 heavy (non-hydrogen) atoms. The molecule has 0 bridgehead atoms. The van der Waals surface area contributed by atoms with Gasteiger partial charge in [0.2, 0.25) is 0 Å². The number of fused-ring (bicyclic) bond motifs is 5. The fraction of sp³-hybridized carbons (Fsp3) is 0.931. The zero-order valence-electron chi connectivity index (χ0n) is 24.6. The molecule has 4 aliphatic rings. The highest BCUT2D eigenvalue weighted by Crippen LogP contribution is 2.68. The van der Waals surface area contributed by atoms with Crippen LogP contribution in [0.4, 0.5) is 22.0 Å². The summed E-state index contributed by atoms with van der Waals surface area (Å²) >= 11 is 0. The molecule has 242 valence electrons. The van der Waals surface area contributed by atoms with Crippen LogP contribution in [0.25, 0.3) is 0 Å². The van der Waals surface area contributed by atoms with Gasteiger partial charge in [-0.2, -0.15) is 30.4 Å². The lowest BCUT2D eigenvalue weighted by Crippen LogP contribution is -2.54. The van der Waals surface area contributed by atoms with Gasteiger partial charge in [0.25, 0.3) is 6.10 Å². The number of carbonyl (C=O) groups excluding carboxylic acids is 2. The van der Waals surface area contributed by atoms with Crippen LogP contribution in [0, 0.1) is 46.3 Å². The van der Waals surface area contributed by atoms with Crippen molar-refractivity contribution < 1.29 is 54.0 Å². The summed E-state index contributed by atoms with van der Waals surface area (Å²) in [5, 5.41) is -5.73. The van der Waals surface area contributed by atoms with E-state index in [4.69, 9.17) is 9.29 Å². The summed E-state index contributed by atoms with van der Waals surface area (Å²) in [6.07, 6.45) is -1.72. The topological polar surface area (TPSA) is 107 Å². The maximum Gasteiger partial charge on any atom is 0.432 e. The summed E-state index contributed by atoms with van der Waals surface area (Å²) in [4.78, 5) is 23.8. The summed E-state index contributed by atoms with van der Waals surface area (Å²) in [6.45, 7) is 8.05. The van der Waals surface area contributed by atoms with Crippen LogP contribution < -0.4 is 0 Å². The fourth-order valence-corrected chi connectivity index (χ4v) is 10.2. The minimum atomic E-state index is -6.48. The van der Waals surface area contributed by atoms with Crippen LogP contribution in [0.1, 0.15) is 98.3 Å². The van der Waals surface area contributed by atoms with E-state index in [1.807, 2.05) is 6.92 Å². The molecule has 4 saturated carbocycles. The zero-order valence-corrected chi connectivity index (χ0v) is 25.4. The standard InChI is InChI=1S/C29H43F5O7S/c1-16(5-10-24(36)41-25(28(30,31)32)29(33,34)42(37,38)39)21-8-9-22-20-7-6-18-15-19(40-17(2)35)11-13-26(18,3)23(20)12-14-27(21,22)4/h16,18-23,25H,5-15H2,1-4H3,(H,37,38,39)/t16-,18?,19-,20+,21-,22+,23+,25?,26+,27-/m1/s1. The van der Waals surface area contributed by atoms with Crippen molar-refractivity contribution in [2.45, 2.75) is 122 Å². The van der Waals surface area contributed by atoms with E-state index in [-0.39, 0.29) is 41.2 Å². The second-order valence-corrected chi connectivity index (χ2v) is 15.3. The van der Waals surface area contributed by atoms with Gasteiger partial charge in [0.05, 0.1) is 0 Å². The van der Waals surface area contributed by atoms with Gasteiger partial charge in [-0.3, -0.25) is 14.1 Å². The largest absolute Gasteiger partial charge is 0.463 e. The van der Waals surface area contributed by atoms with Gasteiger partial charge in [-0.15, -0.1) is 0 Å². The molecule has 0 heterocycles. The van der Waals surface area contributed by atoms with Gasteiger partial charge < -0.3 is 9.47 Å². The van der Waals surface area contributed by atoms with Gasteiger partial charge in [0.15, 0.2) is 0 Å². The van der Waals surface area contributed by atoms with Gasteiger partial charge in [0.1, 0.15) is 6.10 Å². The van der Waals surface area contributed by atoms with Gasteiger partial charge >= 0.3 is 33.5 Å². The van der Waals surface area contributed by atoms with Gasteiger partial charge in [0, 0.05) is 13.3 Å². The summed E-state index contributed by atoms with van der Waals surface area (Å²) in [5.74, 6) is 0.376. The van der Waals surface area contributed by atoms with Crippen LogP contribution in [0.5, 0.6) is 0 Å². The van der Waals surface area contributed by atoms with E-state index in [9.17, 15) is 40.0 Å². The maximum atomic E-state index is 13.8. The Labute approximate surface area is 244 Å². The maximum absolute atomic E-state index is 13.8. The molecule has 4 aliphatic carbocycles. The van der Waals surface area contributed by atoms with E-state index in [2.05, 4.69) is 18.6 Å². The Balaban J connectivity index is 1.39. The molecule has 0 saturated heterocycles. The molecular weight excluding hydrogens is 587 g/mol. The Morgan fingerprint density at radius 3 is 2.17 bits per heavy atom. The van der Waals surface area contributed by atoms with Crippen molar-refractivity contribution in [1.82, 2.24) is 0 Å². The molecule has 0 aromatic heterocycles. The Bertz CT molecular complexity index is 1140. The first-order valence-corrected chi connectivity index (χ1v) is 16.4. The predicted molar refractivity (Wildman–Crippen MR) is 142 cm³/mol. The van der Waals surface area contributed by atoms with Crippen molar-refractivity contribution in [2.75, 3.05) is 0 Å². The molecule has 0 amide bonds. The molecule has 13 heteroatoms. The van der Waals surface area contributed by atoms with Crippen molar-refractivity contribution >= 4 is 22.1 Å². The first-order valence-electron chi connectivity index (χ1n) is 15.0. The lowest BCUT2D eigenvalue weighted by molar-refractivity contribution is -0.259. The molecule has 0 spiro atoms. The average Bonchev–Trinajstić information content (AvgIpc) is 3.21. The smallest absolute Gasteiger partial charge is 0.432 e. The summed E-state index contributed by atoms with van der Waals surface area (Å²) in [5.41, 5.74) is 0.169. The third-order valence-corrected chi connectivity index (χ3v) is 12.6. The van der Waals surface area contributed by atoms with Crippen molar-refractivity contribution in [3.05, 3.63) is 0 Å². The van der Waals surface area contributed by atoms with Crippen LogP contribution >= 0.6 is 0 Å². The lowest BCUT2D eigenvalue weighted by atomic mass is 9.44. The predicted octanol–water partition coefficient (Wildman–Crippen LogP) is 6.95. The Kier molecular flexibility index (Phi) is 9.11. The van der Waals surface area contributed by atoms with Gasteiger partial charge in [-0.25, -0.2) is 0 Å². The highest BCUT2D eigenvalue weighted by Gasteiger charge is 2.66. The first kappa shape index (κ1) is 33.4. The van der Waals surface area contributed by atoms with Crippen LogP contribution in [-0.2, 0) is 29.2 Å². The van der Waals surface area contributed by atoms with Crippen LogP contribution in [0.15, 0.2) is 0 Å². The molecule has 0 aromatic rings. The van der Waals surface area contributed by atoms with E-state index in [1.54, 1.807) is 0 Å². The number of esters is 2. The minimum absolute atomic E-state index is 0.0138.